The number of hydrogen-bond acceptors (Lipinski definition) is 0. The Bertz CT molecular complexity index is 1750. The summed E-state index contributed by atoms with van der Waals surface area (Å²) < 4.78 is 9.50. The van der Waals surface area contributed by atoms with E-state index in [0.29, 0.717) is 7.18 Å². The lowest BCUT2D eigenvalue weighted by molar-refractivity contribution is 0.636. The molecule has 5 aromatic rings. The van der Waals surface area contributed by atoms with Gasteiger partial charge >= 0.3 is 0 Å². The summed E-state index contributed by atoms with van der Waals surface area (Å²) in [5.41, 5.74) is 16.0. The van der Waals surface area contributed by atoms with Crippen molar-refractivity contribution in [2.24, 2.45) is 0 Å². The van der Waals surface area contributed by atoms with Gasteiger partial charge in [0.05, 0.1) is 12.6 Å². The third kappa shape index (κ3) is 3.73. The minimum atomic E-state index is -0.319. The third-order valence-corrected chi connectivity index (χ3v) is 8.13. The molecule has 0 N–H and O–H groups in total. The van der Waals surface area contributed by atoms with Crippen LogP contribution in [0.15, 0.2) is 146 Å². The summed E-state index contributed by atoms with van der Waals surface area (Å²) in [4.78, 5) is 0. The molecule has 1 spiro atoms. The molecule has 1 heteroatoms. The molecule has 0 atom stereocenters. The van der Waals surface area contributed by atoms with Gasteiger partial charge in [0.2, 0.25) is 0 Å². The SMILES string of the molecule is C=C(C)/C=C\C(=C)c1cccc(-c2ccc3c(c2)C2(c4ccccc4-c4ccccc42)c2ccccc2-3)c1.CF. The van der Waals surface area contributed by atoms with Crippen LogP contribution in [0.4, 0.5) is 4.39 Å². The number of allylic oxidation sites excluding steroid dienone is 4. The second kappa shape index (κ2) is 10.1. The Morgan fingerprint density at radius 2 is 1.05 bits per heavy atom. The molecular weight excluding hydrogens is 487 g/mol. The molecule has 7 rings (SSSR count). The van der Waals surface area contributed by atoms with Gasteiger partial charge in [-0.05, 0) is 85.8 Å². The zero-order valence-electron chi connectivity index (χ0n) is 22.9. The van der Waals surface area contributed by atoms with Crippen LogP contribution in [-0.2, 0) is 5.41 Å². The molecule has 0 saturated carbocycles. The molecule has 0 aliphatic heterocycles. The quantitative estimate of drug-likeness (QED) is 0.203. The van der Waals surface area contributed by atoms with Crippen LogP contribution in [0, 0.1) is 0 Å². The van der Waals surface area contributed by atoms with Crippen LogP contribution in [0.3, 0.4) is 0 Å². The van der Waals surface area contributed by atoms with Gasteiger partial charge in [-0.1, -0.05) is 134 Å². The van der Waals surface area contributed by atoms with Gasteiger partial charge in [-0.25, -0.2) is 0 Å². The fourth-order valence-corrected chi connectivity index (χ4v) is 6.51. The standard InChI is InChI=1S/C38H28.CH3F/c1-25(2)19-20-26(3)27-11-10-12-28(23-27)29-21-22-33-32-15-6-9-18-36(32)38(37(33)24-29)34-16-7-4-13-30(34)31-14-5-8-17-35(31)38;1-2/h4-24H,1,3H2,2H3;1H3/b20-19-;. The molecule has 0 unspecified atom stereocenters. The highest BCUT2D eigenvalue weighted by Gasteiger charge is 2.51. The van der Waals surface area contributed by atoms with E-state index in [0.717, 1.165) is 16.7 Å². The van der Waals surface area contributed by atoms with Crippen molar-refractivity contribution in [3.05, 3.63) is 174 Å². The Morgan fingerprint density at radius 1 is 0.550 bits per heavy atom. The van der Waals surface area contributed by atoms with Crippen LogP contribution in [0.25, 0.3) is 39.0 Å². The largest absolute Gasteiger partial charge is 0.255 e. The second-order valence-corrected chi connectivity index (χ2v) is 10.4. The molecule has 0 heterocycles. The van der Waals surface area contributed by atoms with Crippen molar-refractivity contribution < 1.29 is 4.39 Å². The van der Waals surface area contributed by atoms with Crippen molar-refractivity contribution in [3.8, 4) is 33.4 Å². The van der Waals surface area contributed by atoms with Crippen LogP contribution >= 0.6 is 0 Å². The highest BCUT2D eigenvalue weighted by atomic mass is 19.1. The average Bonchev–Trinajstić information content (AvgIpc) is 3.48. The maximum absolute atomic E-state index is 9.50. The Labute approximate surface area is 236 Å². The summed E-state index contributed by atoms with van der Waals surface area (Å²) in [6.45, 7) is 10.3. The summed E-state index contributed by atoms with van der Waals surface area (Å²) in [5, 5.41) is 0. The number of alkyl halides is 1. The van der Waals surface area contributed by atoms with E-state index in [-0.39, 0.29) is 5.41 Å². The molecule has 40 heavy (non-hydrogen) atoms. The first-order valence-electron chi connectivity index (χ1n) is 13.5. The van der Waals surface area contributed by atoms with Crippen molar-refractivity contribution in [2.45, 2.75) is 12.3 Å². The minimum absolute atomic E-state index is 0.319. The normalized spacial score (nSPS) is 13.2. The lowest BCUT2D eigenvalue weighted by Gasteiger charge is -2.30. The first-order chi connectivity index (χ1) is 19.6. The molecular formula is C39H31F. The van der Waals surface area contributed by atoms with Gasteiger partial charge in [0.1, 0.15) is 0 Å². The fraction of sp³-hybridized carbons (Fsp3) is 0.0769. The van der Waals surface area contributed by atoms with Crippen molar-refractivity contribution in [3.63, 3.8) is 0 Å². The topological polar surface area (TPSA) is 0 Å². The van der Waals surface area contributed by atoms with Gasteiger partial charge in [-0.15, -0.1) is 0 Å². The van der Waals surface area contributed by atoms with Gasteiger partial charge in [-0.2, -0.15) is 0 Å². The van der Waals surface area contributed by atoms with E-state index in [9.17, 15) is 4.39 Å². The molecule has 2 aliphatic carbocycles. The summed E-state index contributed by atoms with van der Waals surface area (Å²) in [6, 6.07) is 42.6. The second-order valence-electron chi connectivity index (χ2n) is 10.4. The molecule has 0 nitrogen and oxygen atoms in total. The maximum atomic E-state index is 9.50. The van der Waals surface area contributed by atoms with E-state index in [1.165, 1.54) is 55.6 Å². The molecule has 5 aromatic carbocycles. The monoisotopic (exact) mass is 518 g/mol. The highest BCUT2D eigenvalue weighted by molar-refractivity contribution is 5.96. The Morgan fingerprint density at radius 3 is 1.60 bits per heavy atom. The minimum Gasteiger partial charge on any atom is -0.255 e. The van der Waals surface area contributed by atoms with E-state index >= 15 is 0 Å². The Kier molecular flexibility index (Phi) is 6.44. The molecule has 2 aliphatic rings. The predicted octanol–water partition coefficient (Wildman–Crippen LogP) is 10.4. The van der Waals surface area contributed by atoms with E-state index in [1.54, 1.807) is 0 Å². The summed E-state index contributed by atoms with van der Waals surface area (Å²) in [7, 11) is 0.500. The summed E-state index contributed by atoms with van der Waals surface area (Å²) in [6.07, 6.45) is 4.06. The van der Waals surface area contributed by atoms with Crippen molar-refractivity contribution in [1.82, 2.24) is 0 Å². The summed E-state index contributed by atoms with van der Waals surface area (Å²) in [5.74, 6) is 0. The van der Waals surface area contributed by atoms with Crippen molar-refractivity contribution >= 4 is 5.57 Å². The van der Waals surface area contributed by atoms with Crippen LogP contribution in [0.1, 0.15) is 34.7 Å². The number of hydrogen-bond donors (Lipinski definition) is 0. The lowest BCUT2D eigenvalue weighted by atomic mass is 9.70. The number of fused-ring (bicyclic) bond motifs is 10. The van der Waals surface area contributed by atoms with E-state index in [2.05, 4.69) is 128 Å². The zero-order chi connectivity index (χ0) is 27.9. The van der Waals surface area contributed by atoms with Gasteiger partial charge < -0.3 is 0 Å². The molecule has 0 aromatic heterocycles. The molecule has 0 bridgehead atoms. The van der Waals surface area contributed by atoms with Crippen molar-refractivity contribution in [2.75, 3.05) is 7.18 Å². The fourth-order valence-electron chi connectivity index (χ4n) is 6.51. The molecule has 0 fully saturated rings. The summed E-state index contributed by atoms with van der Waals surface area (Å²) >= 11 is 0. The lowest BCUT2D eigenvalue weighted by Crippen LogP contribution is -2.25. The maximum Gasteiger partial charge on any atom is 0.0785 e. The average molecular weight is 519 g/mol. The smallest absolute Gasteiger partial charge is 0.0785 e. The van der Waals surface area contributed by atoms with Gasteiger partial charge in [0.25, 0.3) is 0 Å². The molecule has 0 amide bonds. The Hall–Kier alpha value is -4.75. The van der Waals surface area contributed by atoms with Gasteiger partial charge in [0.15, 0.2) is 0 Å². The van der Waals surface area contributed by atoms with E-state index < -0.39 is 0 Å². The molecule has 0 saturated heterocycles. The van der Waals surface area contributed by atoms with Crippen LogP contribution in [-0.4, -0.2) is 7.18 Å². The Balaban J connectivity index is 0.00000142. The van der Waals surface area contributed by atoms with E-state index in [1.807, 2.05) is 19.1 Å². The van der Waals surface area contributed by atoms with Crippen LogP contribution < -0.4 is 0 Å². The highest BCUT2D eigenvalue weighted by Crippen LogP contribution is 2.62. The first-order valence-corrected chi connectivity index (χ1v) is 13.5. The molecule has 194 valence electrons. The number of halogens is 1. The molecule has 0 radical (unpaired) electrons. The first kappa shape index (κ1) is 25.5. The van der Waals surface area contributed by atoms with Crippen LogP contribution in [0.5, 0.6) is 0 Å². The number of benzene rings is 5. The number of rotatable bonds is 4. The predicted molar refractivity (Wildman–Crippen MR) is 168 cm³/mol. The van der Waals surface area contributed by atoms with Crippen molar-refractivity contribution in [1.29, 1.82) is 0 Å². The van der Waals surface area contributed by atoms with Gasteiger partial charge in [0, 0.05) is 0 Å². The van der Waals surface area contributed by atoms with E-state index in [4.69, 9.17) is 0 Å². The zero-order valence-corrected chi connectivity index (χ0v) is 22.9. The third-order valence-electron chi connectivity index (χ3n) is 8.13. The van der Waals surface area contributed by atoms with Gasteiger partial charge in [-0.3, -0.25) is 4.39 Å². The van der Waals surface area contributed by atoms with Crippen LogP contribution in [0.2, 0.25) is 0 Å².